The highest BCUT2D eigenvalue weighted by atomic mass is 19.1. The van der Waals surface area contributed by atoms with Crippen LogP contribution < -0.4 is 46.2 Å². The van der Waals surface area contributed by atoms with Crippen molar-refractivity contribution >= 4 is 23.4 Å². The number of primary amides is 1. The number of hydrogen-bond acceptors (Lipinski definition) is 10. The summed E-state index contributed by atoms with van der Waals surface area (Å²) in [4.78, 5) is 15.6. The fraction of sp³-hybridized carbons (Fsp3) is 0.0714. The number of guanidine groups is 1. The van der Waals surface area contributed by atoms with E-state index in [2.05, 4.69) is 10.3 Å². The molecule has 0 aliphatic carbocycles. The van der Waals surface area contributed by atoms with Crippen LogP contribution in [0.5, 0.6) is 52.0 Å². The number of halogens is 2. The normalized spacial score (nSPS) is 10.5. The lowest BCUT2D eigenvalue weighted by molar-refractivity contribution is 0.0999. The Morgan fingerprint density at radius 1 is 0.818 bits per heavy atom. The maximum atomic E-state index is 15.9. The summed E-state index contributed by atoms with van der Waals surface area (Å²) in [6, 6.07) is 11.7. The Morgan fingerprint density at radius 2 is 1.43 bits per heavy atom. The molecule has 1 heterocycles. The minimum Gasteiger partial charge on any atom is -0.504 e. The van der Waals surface area contributed by atoms with Gasteiger partial charge >= 0.3 is 0 Å². The summed E-state index contributed by atoms with van der Waals surface area (Å²) in [6.45, 7) is 0. The van der Waals surface area contributed by atoms with Crippen molar-refractivity contribution < 1.29 is 42.4 Å². The summed E-state index contributed by atoms with van der Waals surface area (Å²) in [5.41, 5.74) is 16.6. The van der Waals surface area contributed by atoms with Gasteiger partial charge in [-0.05, 0) is 42.5 Å². The first-order valence-electron chi connectivity index (χ1n) is 12.3. The number of pyridine rings is 1. The smallest absolute Gasteiger partial charge is 0.263 e. The molecule has 1 amide bonds. The molecule has 0 fully saturated rings. The van der Waals surface area contributed by atoms with Crippen LogP contribution in [0.15, 0.2) is 54.6 Å². The highest BCUT2D eigenvalue weighted by molar-refractivity contribution is 5.95. The van der Waals surface area contributed by atoms with Crippen LogP contribution in [0, 0.1) is 22.5 Å². The summed E-state index contributed by atoms with van der Waals surface area (Å²) in [6.07, 6.45) is 0. The number of aromatic hydroxyl groups is 1. The van der Waals surface area contributed by atoms with E-state index in [1.54, 1.807) is 6.07 Å². The molecule has 0 atom stereocenters. The Hall–Kier alpha value is -6.32. The van der Waals surface area contributed by atoms with Crippen LogP contribution in [-0.2, 0) is 0 Å². The molecule has 44 heavy (non-hydrogen) atoms. The van der Waals surface area contributed by atoms with E-state index in [-0.39, 0.29) is 51.7 Å². The quantitative estimate of drug-likeness (QED) is 0.0942. The lowest BCUT2D eigenvalue weighted by atomic mass is 10.1. The Kier molecular flexibility index (Phi) is 8.83. The van der Waals surface area contributed by atoms with E-state index in [1.807, 2.05) is 0 Å². The summed E-state index contributed by atoms with van der Waals surface area (Å²) in [5.74, 6) is -8.98. The van der Waals surface area contributed by atoms with Gasteiger partial charge < -0.3 is 51.3 Å². The second kappa shape index (κ2) is 12.7. The number of amidine groups is 1. The predicted molar refractivity (Wildman–Crippen MR) is 154 cm³/mol. The molecule has 0 bridgehead atoms. The number of hydrogen-bond donors (Lipinski definition) is 7. The number of rotatable bonds is 11. The monoisotopic (exact) mass is 609 g/mol. The van der Waals surface area contributed by atoms with E-state index < -0.39 is 40.8 Å². The van der Waals surface area contributed by atoms with Gasteiger partial charge in [-0.15, -0.1) is 0 Å². The number of aromatic nitrogens is 1. The van der Waals surface area contributed by atoms with Crippen molar-refractivity contribution in [2.24, 2.45) is 17.2 Å². The molecular weight excluding hydrogens is 584 g/mol. The fourth-order valence-electron chi connectivity index (χ4n) is 3.70. The number of nitrogens with two attached hydrogens (primary N) is 3. The average Bonchev–Trinajstić information content (AvgIpc) is 2.98. The summed E-state index contributed by atoms with van der Waals surface area (Å²) >= 11 is 0. The zero-order valence-corrected chi connectivity index (χ0v) is 23.0. The molecule has 16 heteroatoms. The number of nitrogens with zero attached hydrogens (tertiary/aromatic N) is 1. The van der Waals surface area contributed by atoms with E-state index >= 15 is 8.78 Å². The standard InChI is InChI=1S/C28H25F2N7O7/c1-40-18-9-13(25(33)39)10-19(41-2)22(18)44-23-20(29)26(42-15-5-3-4-14(11-15)36-28(34)35)37-27(21(23)30)43-17-8-12(24(31)32)6-7-16(17)38/h3-11,38H,1-2H3,(H3,31,32)(H2,33,39)(H4,34,35,36). The average molecular weight is 610 g/mol. The van der Waals surface area contributed by atoms with Crippen LogP contribution in [0.25, 0.3) is 0 Å². The van der Waals surface area contributed by atoms with Crippen molar-refractivity contribution in [1.82, 2.24) is 4.98 Å². The Labute approximate surface area is 247 Å². The van der Waals surface area contributed by atoms with Crippen LogP contribution in [-0.4, -0.2) is 42.0 Å². The fourth-order valence-corrected chi connectivity index (χ4v) is 3.70. The van der Waals surface area contributed by atoms with E-state index in [1.165, 1.54) is 50.6 Å². The first kappa shape index (κ1) is 30.6. The lowest BCUT2D eigenvalue weighted by Crippen LogP contribution is -2.20. The molecule has 0 radical (unpaired) electrons. The van der Waals surface area contributed by atoms with Crippen molar-refractivity contribution in [1.29, 1.82) is 10.8 Å². The van der Waals surface area contributed by atoms with Gasteiger partial charge in [0.1, 0.15) is 11.6 Å². The number of ether oxygens (including phenoxy) is 5. The molecule has 10 N–H and O–H groups in total. The number of methoxy groups -OCH3 is 2. The third-order valence-corrected chi connectivity index (χ3v) is 5.73. The minimum atomic E-state index is -1.49. The molecule has 14 nitrogen and oxygen atoms in total. The maximum absolute atomic E-state index is 15.9. The Morgan fingerprint density at radius 3 is 2.00 bits per heavy atom. The number of anilines is 1. The van der Waals surface area contributed by atoms with Crippen molar-refractivity contribution in [3.05, 3.63) is 77.4 Å². The van der Waals surface area contributed by atoms with E-state index in [4.69, 9.17) is 51.7 Å². The van der Waals surface area contributed by atoms with Crippen LogP contribution in [0.3, 0.4) is 0 Å². The Balaban J connectivity index is 1.89. The summed E-state index contributed by atoms with van der Waals surface area (Å²) < 4.78 is 59.1. The molecule has 0 saturated heterocycles. The molecule has 4 aromatic rings. The number of phenols is 1. The Bertz CT molecular complexity index is 1760. The number of phenolic OH excluding ortho intramolecular Hbond substituents is 1. The molecule has 1 aromatic heterocycles. The number of nitrogens with one attached hydrogen (secondary N) is 3. The summed E-state index contributed by atoms with van der Waals surface area (Å²) in [7, 11) is 2.42. The number of carbonyl (C=O) groups excluding carboxylic acids is 1. The van der Waals surface area contributed by atoms with Gasteiger partial charge in [0.15, 0.2) is 29.0 Å². The SMILES string of the molecule is COc1cc(C(N)=O)cc(OC)c1Oc1c(F)c(Oc2cccc(NC(=N)N)c2)nc(Oc2cc(C(=N)N)ccc2O)c1F. The van der Waals surface area contributed by atoms with Crippen LogP contribution in [0.2, 0.25) is 0 Å². The number of benzene rings is 3. The van der Waals surface area contributed by atoms with Gasteiger partial charge in [-0.3, -0.25) is 15.6 Å². The lowest BCUT2D eigenvalue weighted by Gasteiger charge is -2.18. The third-order valence-electron chi connectivity index (χ3n) is 5.73. The molecule has 0 unspecified atom stereocenters. The molecule has 0 spiro atoms. The topological polar surface area (TPSA) is 234 Å². The molecule has 228 valence electrons. The molecular formula is C28H25F2N7O7. The molecule has 0 aliphatic heterocycles. The maximum Gasteiger partial charge on any atom is 0.263 e. The predicted octanol–water partition coefficient (Wildman–Crippen LogP) is 4.15. The molecule has 0 saturated carbocycles. The van der Waals surface area contributed by atoms with E-state index in [0.717, 1.165) is 12.1 Å². The van der Waals surface area contributed by atoms with Crippen molar-refractivity contribution in [2.75, 3.05) is 19.5 Å². The van der Waals surface area contributed by atoms with Gasteiger partial charge in [0.2, 0.25) is 29.0 Å². The molecule has 4 rings (SSSR count). The number of nitrogen functional groups attached to an aromatic ring is 1. The van der Waals surface area contributed by atoms with Crippen LogP contribution in [0.4, 0.5) is 14.5 Å². The van der Waals surface area contributed by atoms with Crippen molar-refractivity contribution in [2.45, 2.75) is 0 Å². The largest absolute Gasteiger partial charge is 0.504 e. The van der Waals surface area contributed by atoms with Crippen molar-refractivity contribution in [3.8, 4) is 52.0 Å². The van der Waals surface area contributed by atoms with Crippen molar-refractivity contribution in [3.63, 3.8) is 0 Å². The summed E-state index contributed by atoms with van der Waals surface area (Å²) in [5, 5.41) is 27.9. The second-order valence-corrected chi connectivity index (χ2v) is 8.72. The zero-order chi connectivity index (χ0) is 32.1. The zero-order valence-electron chi connectivity index (χ0n) is 23.0. The first-order chi connectivity index (χ1) is 20.9. The molecule has 0 aliphatic rings. The van der Waals surface area contributed by atoms with Gasteiger partial charge in [0.25, 0.3) is 11.8 Å². The highest BCUT2D eigenvalue weighted by Gasteiger charge is 2.29. The van der Waals surface area contributed by atoms with Gasteiger partial charge in [0.05, 0.1) is 14.2 Å². The van der Waals surface area contributed by atoms with Gasteiger partial charge in [0, 0.05) is 22.9 Å². The van der Waals surface area contributed by atoms with E-state index in [0.29, 0.717) is 5.69 Å². The third kappa shape index (κ3) is 6.59. The second-order valence-electron chi connectivity index (χ2n) is 8.72. The van der Waals surface area contributed by atoms with Gasteiger partial charge in [-0.1, -0.05) is 6.07 Å². The molecule has 3 aromatic carbocycles. The van der Waals surface area contributed by atoms with Crippen LogP contribution >= 0.6 is 0 Å². The first-order valence-corrected chi connectivity index (χ1v) is 12.3. The van der Waals surface area contributed by atoms with E-state index in [9.17, 15) is 9.90 Å². The van der Waals surface area contributed by atoms with Crippen LogP contribution in [0.1, 0.15) is 15.9 Å². The highest BCUT2D eigenvalue weighted by Crippen LogP contribution is 2.46. The number of amides is 1. The minimum absolute atomic E-state index is 0.0199. The van der Waals surface area contributed by atoms with Gasteiger partial charge in [-0.25, -0.2) is 0 Å². The van der Waals surface area contributed by atoms with Gasteiger partial charge in [-0.2, -0.15) is 13.8 Å². The number of carbonyl (C=O) groups is 1.